The zero-order valence-electron chi connectivity index (χ0n) is 17.9. The van der Waals surface area contributed by atoms with Gasteiger partial charge in [0, 0.05) is 6.04 Å². The SMILES string of the molecule is CC(NC(=O)CN1C(=O)NC(C)(c2ccc3c(c2)CCC3)C1=O)C1CC2CCC1C2. The van der Waals surface area contributed by atoms with Crippen LogP contribution in [0.5, 0.6) is 0 Å². The fourth-order valence-corrected chi connectivity index (χ4v) is 6.38. The Labute approximate surface area is 177 Å². The minimum atomic E-state index is -1.12. The number of hydrogen-bond donors (Lipinski definition) is 2. The van der Waals surface area contributed by atoms with Crippen molar-refractivity contribution in [3.63, 3.8) is 0 Å². The Balaban J connectivity index is 1.25. The minimum Gasteiger partial charge on any atom is -0.352 e. The number of imide groups is 1. The fraction of sp³-hybridized carbons (Fsp3) is 0.625. The summed E-state index contributed by atoms with van der Waals surface area (Å²) < 4.78 is 0. The number of fused-ring (bicyclic) bond motifs is 3. The number of urea groups is 1. The maximum Gasteiger partial charge on any atom is 0.325 e. The van der Waals surface area contributed by atoms with Gasteiger partial charge in [-0.05, 0) is 86.8 Å². The van der Waals surface area contributed by atoms with Gasteiger partial charge in [-0.3, -0.25) is 14.5 Å². The standard InChI is InChI=1S/C24H31N3O3/c1-14(20-11-15-6-7-18(20)10-15)25-21(28)13-27-22(29)24(2,26-23(27)30)19-9-8-16-4-3-5-17(16)12-19/h8-9,12,14-15,18,20H,3-7,10-11,13H2,1-2H3,(H,25,28)(H,26,30). The van der Waals surface area contributed by atoms with Gasteiger partial charge in [0.05, 0.1) is 0 Å². The topological polar surface area (TPSA) is 78.5 Å². The molecule has 0 radical (unpaired) electrons. The molecule has 3 aliphatic carbocycles. The van der Waals surface area contributed by atoms with E-state index in [1.165, 1.54) is 36.8 Å². The average Bonchev–Trinajstić information content (AvgIpc) is 3.49. The van der Waals surface area contributed by atoms with E-state index in [2.05, 4.69) is 23.6 Å². The molecule has 1 saturated heterocycles. The molecule has 1 aliphatic heterocycles. The van der Waals surface area contributed by atoms with Crippen LogP contribution < -0.4 is 10.6 Å². The number of amides is 4. The van der Waals surface area contributed by atoms with Crippen LogP contribution in [0.2, 0.25) is 0 Å². The van der Waals surface area contributed by atoms with Gasteiger partial charge in [0.2, 0.25) is 5.91 Å². The summed E-state index contributed by atoms with van der Waals surface area (Å²) in [5.74, 6) is 1.44. The van der Waals surface area contributed by atoms with E-state index < -0.39 is 11.6 Å². The van der Waals surface area contributed by atoms with Gasteiger partial charge >= 0.3 is 6.03 Å². The Bertz CT molecular complexity index is 913. The predicted molar refractivity (Wildman–Crippen MR) is 113 cm³/mol. The minimum absolute atomic E-state index is 0.0802. The molecule has 4 amide bonds. The van der Waals surface area contributed by atoms with Crippen LogP contribution in [0.1, 0.15) is 62.6 Å². The van der Waals surface area contributed by atoms with Crippen molar-refractivity contribution in [3.8, 4) is 0 Å². The summed E-state index contributed by atoms with van der Waals surface area (Å²) in [4.78, 5) is 39.5. The van der Waals surface area contributed by atoms with Crippen LogP contribution in [0.15, 0.2) is 18.2 Å². The molecule has 30 heavy (non-hydrogen) atoms. The van der Waals surface area contributed by atoms with E-state index in [4.69, 9.17) is 0 Å². The molecule has 1 aromatic rings. The first-order valence-corrected chi connectivity index (χ1v) is 11.4. The number of carbonyl (C=O) groups is 3. The summed E-state index contributed by atoms with van der Waals surface area (Å²) in [6.07, 6.45) is 8.27. The van der Waals surface area contributed by atoms with Crippen molar-refractivity contribution in [1.82, 2.24) is 15.5 Å². The van der Waals surface area contributed by atoms with Gasteiger partial charge in [0.25, 0.3) is 5.91 Å². The van der Waals surface area contributed by atoms with E-state index in [0.29, 0.717) is 11.8 Å². The third-order valence-electron chi connectivity index (χ3n) is 8.08. The van der Waals surface area contributed by atoms with Crippen LogP contribution in [0, 0.1) is 17.8 Å². The molecule has 0 spiro atoms. The van der Waals surface area contributed by atoms with E-state index in [9.17, 15) is 14.4 Å². The molecule has 1 heterocycles. The van der Waals surface area contributed by atoms with Crippen LogP contribution in [-0.2, 0) is 28.0 Å². The molecule has 160 valence electrons. The molecule has 4 aliphatic rings. The van der Waals surface area contributed by atoms with Gasteiger partial charge < -0.3 is 10.6 Å². The first kappa shape index (κ1) is 19.6. The smallest absolute Gasteiger partial charge is 0.325 e. The second-order valence-electron chi connectivity index (χ2n) is 9.98. The fourth-order valence-electron chi connectivity index (χ4n) is 6.38. The Kier molecular flexibility index (Phi) is 4.64. The number of benzene rings is 1. The number of aryl methyl sites for hydroxylation is 2. The third-order valence-corrected chi connectivity index (χ3v) is 8.08. The lowest BCUT2D eigenvalue weighted by atomic mass is 9.84. The van der Waals surface area contributed by atoms with E-state index >= 15 is 0 Å². The quantitative estimate of drug-likeness (QED) is 0.734. The van der Waals surface area contributed by atoms with Gasteiger partial charge in [0.1, 0.15) is 12.1 Å². The molecule has 3 fully saturated rings. The van der Waals surface area contributed by atoms with E-state index in [-0.39, 0.29) is 24.4 Å². The van der Waals surface area contributed by atoms with Crippen LogP contribution >= 0.6 is 0 Å². The lowest BCUT2D eigenvalue weighted by Crippen LogP contribution is -2.47. The maximum absolute atomic E-state index is 13.2. The van der Waals surface area contributed by atoms with Crippen LogP contribution in [-0.4, -0.2) is 35.3 Å². The molecular formula is C24H31N3O3. The molecule has 1 aromatic carbocycles. The van der Waals surface area contributed by atoms with Gasteiger partial charge in [0.15, 0.2) is 0 Å². The van der Waals surface area contributed by atoms with E-state index in [1.54, 1.807) is 6.92 Å². The second kappa shape index (κ2) is 7.10. The van der Waals surface area contributed by atoms with Gasteiger partial charge in [-0.1, -0.05) is 24.6 Å². The van der Waals surface area contributed by atoms with Crippen molar-refractivity contribution < 1.29 is 14.4 Å². The average molecular weight is 410 g/mol. The van der Waals surface area contributed by atoms with Crippen molar-refractivity contribution in [1.29, 1.82) is 0 Å². The molecule has 6 heteroatoms. The molecule has 5 unspecified atom stereocenters. The Hall–Kier alpha value is -2.37. The van der Waals surface area contributed by atoms with Crippen LogP contribution in [0.3, 0.4) is 0 Å². The summed E-state index contributed by atoms with van der Waals surface area (Å²) in [5, 5.41) is 5.89. The number of nitrogens with one attached hydrogen (secondary N) is 2. The first-order chi connectivity index (χ1) is 14.3. The van der Waals surface area contributed by atoms with Crippen molar-refractivity contribution in [3.05, 3.63) is 34.9 Å². The molecule has 2 bridgehead atoms. The summed E-state index contributed by atoms with van der Waals surface area (Å²) in [6, 6.07) is 5.63. The van der Waals surface area contributed by atoms with Crippen molar-refractivity contribution in [2.75, 3.05) is 6.54 Å². The monoisotopic (exact) mass is 409 g/mol. The number of nitrogens with zero attached hydrogens (tertiary/aromatic N) is 1. The normalized spacial score (nSPS) is 33.0. The zero-order chi connectivity index (χ0) is 21.0. The third kappa shape index (κ3) is 3.12. The summed E-state index contributed by atoms with van der Waals surface area (Å²) in [5.41, 5.74) is 2.25. The molecule has 5 atom stereocenters. The van der Waals surface area contributed by atoms with Crippen molar-refractivity contribution in [2.24, 2.45) is 17.8 Å². The summed E-state index contributed by atoms with van der Waals surface area (Å²) >= 11 is 0. The molecule has 6 nitrogen and oxygen atoms in total. The van der Waals surface area contributed by atoms with Gasteiger partial charge in [-0.25, -0.2) is 4.79 Å². The van der Waals surface area contributed by atoms with Crippen LogP contribution in [0.4, 0.5) is 4.79 Å². The highest BCUT2D eigenvalue weighted by Gasteiger charge is 2.50. The number of carbonyl (C=O) groups excluding carboxylic acids is 3. The Morgan fingerprint density at radius 3 is 2.77 bits per heavy atom. The van der Waals surface area contributed by atoms with E-state index in [1.807, 2.05) is 12.1 Å². The highest BCUT2D eigenvalue weighted by atomic mass is 16.2. The summed E-state index contributed by atoms with van der Waals surface area (Å²) in [6.45, 7) is 3.57. The van der Waals surface area contributed by atoms with Gasteiger partial charge in [-0.2, -0.15) is 0 Å². The Morgan fingerprint density at radius 2 is 2.03 bits per heavy atom. The molecule has 0 aromatic heterocycles. The second-order valence-corrected chi connectivity index (χ2v) is 9.98. The van der Waals surface area contributed by atoms with E-state index in [0.717, 1.165) is 35.6 Å². The number of hydrogen-bond acceptors (Lipinski definition) is 3. The van der Waals surface area contributed by atoms with Crippen molar-refractivity contribution >= 4 is 17.8 Å². The maximum atomic E-state index is 13.2. The van der Waals surface area contributed by atoms with Gasteiger partial charge in [-0.15, -0.1) is 0 Å². The first-order valence-electron chi connectivity index (χ1n) is 11.4. The highest BCUT2D eigenvalue weighted by Crippen LogP contribution is 2.49. The Morgan fingerprint density at radius 1 is 1.23 bits per heavy atom. The molecule has 2 saturated carbocycles. The summed E-state index contributed by atoms with van der Waals surface area (Å²) in [7, 11) is 0. The van der Waals surface area contributed by atoms with Crippen LogP contribution in [0.25, 0.3) is 0 Å². The number of rotatable bonds is 5. The highest BCUT2D eigenvalue weighted by molar-refractivity contribution is 6.09. The lowest BCUT2D eigenvalue weighted by Gasteiger charge is -2.29. The largest absolute Gasteiger partial charge is 0.352 e. The molecular weight excluding hydrogens is 378 g/mol. The lowest BCUT2D eigenvalue weighted by molar-refractivity contribution is -0.135. The zero-order valence-corrected chi connectivity index (χ0v) is 17.9. The predicted octanol–water partition coefficient (Wildman–Crippen LogP) is 2.88. The molecule has 5 rings (SSSR count). The molecule has 2 N–H and O–H groups in total. The van der Waals surface area contributed by atoms with Crippen molar-refractivity contribution in [2.45, 2.75) is 70.4 Å².